The molecule has 19 heavy (non-hydrogen) atoms. The molecule has 0 amide bonds. The first-order valence-electron chi connectivity index (χ1n) is 6.85. The van der Waals surface area contributed by atoms with Crippen molar-refractivity contribution in [1.29, 1.82) is 0 Å². The molecule has 2 rings (SSSR count). The van der Waals surface area contributed by atoms with Gasteiger partial charge in [0.05, 0.1) is 0 Å². The van der Waals surface area contributed by atoms with E-state index < -0.39 is 11.5 Å². The van der Waals surface area contributed by atoms with Crippen LogP contribution in [0.25, 0.3) is 0 Å². The van der Waals surface area contributed by atoms with E-state index >= 15 is 0 Å². The lowest BCUT2D eigenvalue weighted by Gasteiger charge is -2.42. The Balaban J connectivity index is 2.43. The van der Waals surface area contributed by atoms with Gasteiger partial charge >= 0.3 is 5.97 Å². The van der Waals surface area contributed by atoms with Crippen LogP contribution in [0.4, 0.5) is 0 Å². The van der Waals surface area contributed by atoms with Gasteiger partial charge in [0.2, 0.25) is 0 Å². The van der Waals surface area contributed by atoms with Crippen molar-refractivity contribution < 1.29 is 9.90 Å². The number of carboxylic acid groups (broad SMARTS) is 1. The highest BCUT2D eigenvalue weighted by Crippen LogP contribution is 2.35. The number of hydrogen-bond acceptors (Lipinski definition) is 2. The average Bonchev–Trinajstić information content (AvgIpc) is 2.43. The number of nitrogens with zero attached hydrogens (tertiary/aromatic N) is 1. The van der Waals surface area contributed by atoms with Gasteiger partial charge < -0.3 is 5.11 Å². The SMILES string of the molecule is CCC(C(=O)O)(c1ccc(Cl)cc1)N1CCCCC1. The highest BCUT2D eigenvalue weighted by atomic mass is 35.5. The summed E-state index contributed by atoms with van der Waals surface area (Å²) in [6, 6.07) is 7.23. The minimum Gasteiger partial charge on any atom is -0.480 e. The number of carboxylic acids is 1. The highest BCUT2D eigenvalue weighted by molar-refractivity contribution is 6.30. The van der Waals surface area contributed by atoms with Gasteiger partial charge in [0.15, 0.2) is 0 Å². The maximum atomic E-state index is 12.0. The number of carbonyl (C=O) groups is 1. The van der Waals surface area contributed by atoms with Gasteiger partial charge in [-0.2, -0.15) is 0 Å². The summed E-state index contributed by atoms with van der Waals surface area (Å²) >= 11 is 5.91. The molecule has 1 aromatic rings. The van der Waals surface area contributed by atoms with E-state index in [1.807, 2.05) is 19.1 Å². The van der Waals surface area contributed by atoms with Crippen LogP contribution in [0.5, 0.6) is 0 Å². The van der Waals surface area contributed by atoms with Crippen LogP contribution in [0, 0.1) is 0 Å². The van der Waals surface area contributed by atoms with Crippen molar-refractivity contribution in [2.45, 2.75) is 38.1 Å². The number of aliphatic carboxylic acids is 1. The fourth-order valence-electron chi connectivity index (χ4n) is 3.02. The van der Waals surface area contributed by atoms with E-state index in [0.29, 0.717) is 11.4 Å². The van der Waals surface area contributed by atoms with Crippen LogP contribution in [0.3, 0.4) is 0 Å². The third-order valence-corrected chi connectivity index (χ3v) is 4.34. The summed E-state index contributed by atoms with van der Waals surface area (Å²) in [6.07, 6.45) is 3.89. The zero-order chi connectivity index (χ0) is 13.9. The molecule has 1 aliphatic heterocycles. The molecule has 3 nitrogen and oxygen atoms in total. The molecule has 1 aliphatic rings. The minimum atomic E-state index is -0.912. The number of piperidine rings is 1. The molecule has 1 saturated heterocycles. The maximum Gasteiger partial charge on any atom is 0.328 e. The molecule has 0 aromatic heterocycles. The second-order valence-electron chi connectivity index (χ2n) is 5.07. The van der Waals surface area contributed by atoms with Gasteiger partial charge in [-0.05, 0) is 50.0 Å². The highest BCUT2D eigenvalue weighted by Gasteiger charge is 2.44. The number of benzene rings is 1. The lowest BCUT2D eigenvalue weighted by molar-refractivity contribution is -0.154. The molecule has 1 unspecified atom stereocenters. The third kappa shape index (κ3) is 2.63. The Kier molecular flexibility index (Phi) is 4.48. The van der Waals surface area contributed by atoms with Gasteiger partial charge in [-0.3, -0.25) is 4.90 Å². The first-order chi connectivity index (χ1) is 9.11. The Bertz CT molecular complexity index is 440. The molecule has 1 atom stereocenters. The largest absolute Gasteiger partial charge is 0.480 e. The van der Waals surface area contributed by atoms with Gasteiger partial charge in [0.1, 0.15) is 5.54 Å². The second kappa shape index (κ2) is 5.93. The molecule has 1 heterocycles. The Morgan fingerprint density at radius 2 is 1.84 bits per heavy atom. The average molecular weight is 282 g/mol. The zero-order valence-electron chi connectivity index (χ0n) is 11.2. The van der Waals surface area contributed by atoms with E-state index in [1.54, 1.807) is 12.1 Å². The standard InChI is InChI=1S/C15H20ClNO2/c1-2-15(14(18)19,17-10-4-3-5-11-17)12-6-8-13(16)9-7-12/h6-9H,2-5,10-11H2,1H3,(H,18,19). The second-order valence-corrected chi connectivity index (χ2v) is 5.51. The number of rotatable bonds is 4. The summed E-state index contributed by atoms with van der Waals surface area (Å²) < 4.78 is 0. The lowest BCUT2D eigenvalue weighted by Crippen LogP contribution is -2.53. The summed E-state index contributed by atoms with van der Waals surface area (Å²) in [7, 11) is 0. The zero-order valence-corrected chi connectivity index (χ0v) is 12.0. The summed E-state index contributed by atoms with van der Waals surface area (Å²) in [5.41, 5.74) is -0.0841. The minimum absolute atomic E-state index is 0.559. The van der Waals surface area contributed by atoms with Crippen molar-refractivity contribution in [2.24, 2.45) is 0 Å². The molecule has 1 fully saturated rings. The molecule has 4 heteroatoms. The maximum absolute atomic E-state index is 12.0. The molecule has 0 saturated carbocycles. The Hall–Kier alpha value is -1.06. The van der Waals surface area contributed by atoms with Crippen LogP contribution < -0.4 is 0 Å². The van der Waals surface area contributed by atoms with Gasteiger partial charge in [0.25, 0.3) is 0 Å². The van der Waals surface area contributed by atoms with Crippen molar-refractivity contribution in [3.63, 3.8) is 0 Å². The Morgan fingerprint density at radius 1 is 1.26 bits per heavy atom. The summed E-state index contributed by atoms with van der Waals surface area (Å²) in [6.45, 7) is 3.64. The smallest absolute Gasteiger partial charge is 0.328 e. The normalized spacial score (nSPS) is 19.9. The van der Waals surface area contributed by atoms with Crippen molar-refractivity contribution in [3.8, 4) is 0 Å². The van der Waals surface area contributed by atoms with Crippen LogP contribution in [-0.4, -0.2) is 29.1 Å². The summed E-state index contributed by atoms with van der Waals surface area (Å²) in [5.74, 6) is -0.765. The summed E-state index contributed by atoms with van der Waals surface area (Å²) in [4.78, 5) is 14.1. The fourth-order valence-corrected chi connectivity index (χ4v) is 3.15. The Morgan fingerprint density at radius 3 is 2.32 bits per heavy atom. The predicted octanol–water partition coefficient (Wildman–Crippen LogP) is 3.52. The van der Waals surface area contributed by atoms with Crippen molar-refractivity contribution >= 4 is 17.6 Å². The molecule has 0 aliphatic carbocycles. The lowest BCUT2D eigenvalue weighted by atomic mass is 9.84. The molecule has 0 spiro atoms. The molecule has 0 radical (unpaired) electrons. The van der Waals surface area contributed by atoms with Gasteiger partial charge in [-0.15, -0.1) is 0 Å². The molecular weight excluding hydrogens is 262 g/mol. The van der Waals surface area contributed by atoms with Crippen molar-refractivity contribution in [1.82, 2.24) is 4.90 Å². The monoisotopic (exact) mass is 281 g/mol. The molecule has 1 N–H and O–H groups in total. The molecule has 104 valence electrons. The van der Waals surface area contributed by atoms with E-state index in [9.17, 15) is 9.90 Å². The van der Waals surface area contributed by atoms with Crippen molar-refractivity contribution in [3.05, 3.63) is 34.9 Å². The number of hydrogen-bond donors (Lipinski definition) is 1. The number of halogens is 1. The van der Waals surface area contributed by atoms with E-state index in [-0.39, 0.29) is 0 Å². The van der Waals surface area contributed by atoms with Gasteiger partial charge in [0, 0.05) is 5.02 Å². The number of likely N-dealkylation sites (tertiary alicyclic amines) is 1. The van der Waals surface area contributed by atoms with E-state index in [4.69, 9.17) is 11.6 Å². The van der Waals surface area contributed by atoms with E-state index in [1.165, 1.54) is 6.42 Å². The summed E-state index contributed by atoms with van der Waals surface area (Å²) in [5, 5.41) is 10.5. The van der Waals surface area contributed by atoms with Crippen molar-refractivity contribution in [2.75, 3.05) is 13.1 Å². The van der Waals surface area contributed by atoms with E-state index in [2.05, 4.69) is 4.90 Å². The molecule has 1 aromatic carbocycles. The van der Waals surface area contributed by atoms with Crippen LogP contribution in [0.15, 0.2) is 24.3 Å². The fraction of sp³-hybridized carbons (Fsp3) is 0.533. The van der Waals surface area contributed by atoms with Crippen LogP contribution in [0.2, 0.25) is 5.02 Å². The Labute approximate surface area is 119 Å². The van der Waals surface area contributed by atoms with Crippen LogP contribution in [-0.2, 0) is 10.3 Å². The van der Waals surface area contributed by atoms with Crippen LogP contribution in [0.1, 0.15) is 38.2 Å². The molecule has 0 bridgehead atoms. The molecular formula is C15H20ClNO2. The predicted molar refractivity (Wildman–Crippen MR) is 76.5 cm³/mol. The first kappa shape index (κ1) is 14.4. The topological polar surface area (TPSA) is 40.5 Å². The van der Waals surface area contributed by atoms with Gasteiger partial charge in [-0.1, -0.05) is 37.1 Å². The van der Waals surface area contributed by atoms with Gasteiger partial charge in [-0.25, -0.2) is 4.79 Å². The van der Waals surface area contributed by atoms with Crippen LogP contribution >= 0.6 is 11.6 Å². The third-order valence-electron chi connectivity index (χ3n) is 4.08. The van der Waals surface area contributed by atoms with E-state index in [0.717, 1.165) is 31.5 Å². The quantitative estimate of drug-likeness (QED) is 0.918. The first-order valence-corrected chi connectivity index (χ1v) is 7.23.